The van der Waals surface area contributed by atoms with Crippen LogP contribution in [0.15, 0.2) is 11.1 Å². The first-order valence-corrected chi connectivity index (χ1v) is 5.05. The molecule has 2 N–H and O–H groups in total. The second-order valence-corrected chi connectivity index (χ2v) is 4.04. The molecule has 0 aliphatic rings. The summed E-state index contributed by atoms with van der Waals surface area (Å²) in [5.74, 6) is 0. The minimum atomic E-state index is -3.61. The van der Waals surface area contributed by atoms with Crippen molar-refractivity contribution >= 4 is 10.0 Å². The summed E-state index contributed by atoms with van der Waals surface area (Å²) in [7, 11) is -1.95. The number of hydrogen-bond acceptors (Lipinski definition) is 3. The number of nitrogens with two attached hydrogens (primary N) is 1. The van der Waals surface area contributed by atoms with Crippen LogP contribution >= 0.6 is 0 Å². The summed E-state index contributed by atoms with van der Waals surface area (Å²) in [6.07, 6.45) is 1.97. The fourth-order valence-corrected chi connectivity index (χ4v) is 1.81. The van der Waals surface area contributed by atoms with Crippen molar-refractivity contribution in [3.8, 4) is 0 Å². The molecular weight excluding hydrogens is 178 g/mol. The van der Waals surface area contributed by atoms with Gasteiger partial charge in [0.1, 0.15) is 4.90 Å². The summed E-state index contributed by atoms with van der Waals surface area (Å²) in [4.78, 5) is 0.118. The highest BCUT2D eigenvalue weighted by molar-refractivity contribution is 7.89. The number of rotatable bonds is 2. The molecule has 68 valence electrons. The average molecular weight is 189 g/mol. The van der Waals surface area contributed by atoms with Gasteiger partial charge in [-0.1, -0.05) is 6.92 Å². The molecule has 0 saturated heterocycles. The monoisotopic (exact) mass is 189 g/mol. The van der Waals surface area contributed by atoms with E-state index >= 15 is 0 Å². The molecule has 0 amide bonds. The third kappa shape index (κ3) is 1.64. The zero-order valence-electron chi connectivity index (χ0n) is 6.98. The van der Waals surface area contributed by atoms with Gasteiger partial charge in [-0.05, 0) is 6.42 Å². The maximum Gasteiger partial charge on any atom is 0.241 e. The van der Waals surface area contributed by atoms with Gasteiger partial charge in [-0.15, -0.1) is 0 Å². The second-order valence-electron chi connectivity index (χ2n) is 2.51. The van der Waals surface area contributed by atoms with E-state index in [9.17, 15) is 8.42 Å². The first-order valence-electron chi connectivity index (χ1n) is 3.50. The van der Waals surface area contributed by atoms with Crippen molar-refractivity contribution in [2.45, 2.75) is 18.2 Å². The van der Waals surface area contributed by atoms with Gasteiger partial charge in [0.15, 0.2) is 0 Å². The molecule has 0 fully saturated rings. The van der Waals surface area contributed by atoms with Crippen LogP contribution in [0.25, 0.3) is 0 Å². The number of aromatic nitrogens is 2. The first kappa shape index (κ1) is 9.21. The van der Waals surface area contributed by atoms with Crippen LogP contribution in [-0.2, 0) is 23.5 Å². The molecular formula is C6H11N3O2S. The molecule has 0 radical (unpaired) electrons. The van der Waals surface area contributed by atoms with Crippen LogP contribution in [0.4, 0.5) is 0 Å². The van der Waals surface area contributed by atoms with Crippen molar-refractivity contribution in [3.63, 3.8) is 0 Å². The number of sulfonamides is 1. The van der Waals surface area contributed by atoms with Crippen LogP contribution < -0.4 is 5.14 Å². The van der Waals surface area contributed by atoms with Crippen molar-refractivity contribution in [1.29, 1.82) is 0 Å². The maximum absolute atomic E-state index is 11.0. The molecule has 6 heteroatoms. The van der Waals surface area contributed by atoms with Crippen molar-refractivity contribution in [3.05, 3.63) is 11.9 Å². The average Bonchev–Trinajstić information content (AvgIpc) is 2.29. The molecule has 0 unspecified atom stereocenters. The predicted molar refractivity (Wildman–Crippen MR) is 44.0 cm³/mol. The Morgan fingerprint density at radius 2 is 2.25 bits per heavy atom. The third-order valence-corrected chi connectivity index (χ3v) is 2.46. The lowest BCUT2D eigenvalue weighted by Crippen LogP contribution is -2.13. The number of aryl methyl sites for hydroxylation is 2. The topological polar surface area (TPSA) is 78.0 Å². The molecule has 1 heterocycles. The summed E-state index contributed by atoms with van der Waals surface area (Å²) < 4.78 is 23.3. The smallest absolute Gasteiger partial charge is 0.241 e. The Kier molecular flexibility index (Phi) is 2.20. The minimum Gasteiger partial charge on any atom is -0.274 e. The Labute approximate surface area is 71.2 Å². The molecule has 0 aromatic carbocycles. The van der Waals surface area contributed by atoms with Gasteiger partial charge in [-0.25, -0.2) is 13.6 Å². The lowest BCUT2D eigenvalue weighted by molar-refractivity contribution is 0.596. The molecule has 0 bridgehead atoms. The van der Waals surface area contributed by atoms with Crippen molar-refractivity contribution in [2.75, 3.05) is 0 Å². The number of hydrogen-bond donors (Lipinski definition) is 1. The summed E-state index contributed by atoms with van der Waals surface area (Å²) in [5, 5.41) is 8.92. The predicted octanol–water partition coefficient (Wildman–Crippen LogP) is -0.370. The number of primary sulfonamides is 1. The third-order valence-electron chi connectivity index (χ3n) is 1.51. The van der Waals surface area contributed by atoms with E-state index in [0.29, 0.717) is 12.1 Å². The lowest BCUT2D eigenvalue weighted by Gasteiger charge is -1.93. The Bertz CT molecular complexity index is 379. The Morgan fingerprint density at radius 3 is 2.58 bits per heavy atom. The highest BCUT2D eigenvalue weighted by atomic mass is 32.2. The Balaban J connectivity index is 3.33. The van der Waals surface area contributed by atoms with Crippen LogP contribution in [-0.4, -0.2) is 18.2 Å². The molecule has 0 saturated carbocycles. The quantitative estimate of drug-likeness (QED) is 0.689. The summed E-state index contributed by atoms with van der Waals surface area (Å²) in [6.45, 7) is 1.83. The van der Waals surface area contributed by atoms with Gasteiger partial charge >= 0.3 is 0 Å². The molecule has 1 aromatic rings. The minimum absolute atomic E-state index is 0.118. The van der Waals surface area contributed by atoms with Gasteiger partial charge in [0.25, 0.3) is 0 Å². The molecule has 12 heavy (non-hydrogen) atoms. The summed E-state index contributed by atoms with van der Waals surface area (Å²) in [5.41, 5.74) is 0.514. The van der Waals surface area contributed by atoms with Crippen LogP contribution in [0.3, 0.4) is 0 Å². The SMILES string of the molecule is CCc1nn(C)cc1S(N)(=O)=O. The Hall–Kier alpha value is -0.880. The van der Waals surface area contributed by atoms with E-state index < -0.39 is 10.0 Å². The molecule has 0 spiro atoms. The summed E-state index contributed by atoms with van der Waals surface area (Å²) in [6, 6.07) is 0. The first-order chi connectivity index (χ1) is 5.45. The van der Waals surface area contributed by atoms with Gasteiger partial charge < -0.3 is 0 Å². The van der Waals surface area contributed by atoms with Gasteiger partial charge in [-0.2, -0.15) is 5.10 Å². The van der Waals surface area contributed by atoms with E-state index in [1.165, 1.54) is 10.9 Å². The van der Waals surface area contributed by atoms with Crippen LogP contribution in [0.1, 0.15) is 12.6 Å². The van der Waals surface area contributed by atoms with Gasteiger partial charge in [-0.3, -0.25) is 4.68 Å². The lowest BCUT2D eigenvalue weighted by atomic mass is 10.3. The molecule has 0 aliphatic heterocycles. The number of nitrogens with zero attached hydrogens (tertiary/aromatic N) is 2. The zero-order chi connectivity index (χ0) is 9.35. The van der Waals surface area contributed by atoms with E-state index in [0.717, 1.165) is 0 Å². The van der Waals surface area contributed by atoms with Gasteiger partial charge in [0.05, 0.1) is 5.69 Å². The largest absolute Gasteiger partial charge is 0.274 e. The highest BCUT2D eigenvalue weighted by Crippen LogP contribution is 2.11. The normalized spacial score (nSPS) is 11.9. The van der Waals surface area contributed by atoms with Crippen molar-refractivity contribution in [2.24, 2.45) is 12.2 Å². The Morgan fingerprint density at radius 1 is 1.67 bits per heavy atom. The molecule has 0 aliphatic carbocycles. The van der Waals surface area contributed by atoms with E-state index in [4.69, 9.17) is 5.14 Å². The van der Waals surface area contributed by atoms with E-state index in [-0.39, 0.29) is 4.90 Å². The van der Waals surface area contributed by atoms with E-state index in [1.807, 2.05) is 6.92 Å². The molecule has 5 nitrogen and oxygen atoms in total. The fraction of sp³-hybridized carbons (Fsp3) is 0.500. The second kappa shape index (κ2) is 2.87. The maximum atomic E-state index is 11.0. The van der Waals surface area contributed by atoms with Crippen LogP contribution in [0.5, 0.6) is 0 Å². The van der Waals surface area contributed by atoms with E-state index in [1.54, 1.807) is 7.05 Å². The van der Waals surface area contributed by atoms with Crippen molar-refractivity contribution in [1.82, 2.24) is 9.78 Å². The van der Waals surface area contributed by atoms with E-state index in [2.05, 4.69) is 5.10 Å². The molecule has 1 rings (SSSR count). The molecule has 0 atom stereocenters. The van der Waals surface area contributed by atoms with Crippen LogP contribution in [0.2, 0.25) is 0 Å². The summed E-state index contributed by atoms with van der Waals surface area (Å²) >= 11 is 0. The molecule has 1 aromatic heterocycles. The van der Waals surface area contributed by atoms with Crippen molar-refractivity contribution < 1.29 is 8.42 Å². The van der Waals surface area contributed by atoms with Gasteiger partial charge in [0, 0.05) is 13.2 Å². The fourth-order valence-electron chi connectivity index (χ4n) is 0.995. The standard InChI is InChI=1S/C6H11N3O2S/c1-3-5-6(12(7,10)11)4-9(2)8-5/h4H,3H2,1-2H3,(H2,7,10,11). The van der Waals surface area contributed by atoms with Gasteiger partial charge in [0.2, 0.25) is 10.0 Å². The zero-order valence-corrected chi connectivity index (χ0v) is 7.80. The highest BCUT2D eigenvalue weighted by Gasteiger charge is 2.15. The van der Waals surface area contributed by atoms with Crippen LogP contribution in [0, 0.1) is 0 Å².